The first kappa shape index (κ1) is 30.6. The number of hydrogen-bond donors (Lipinski definition) is 0. The van der Waals surface area contributed by atoms with Crippen molar-refractivity contribution in [3.63, 3.8) is 0 Å². The van der Waals surface area contributed by atoms with Gasteiger partial charge in [0.15, 0.2) is 0 Å². The predicted molar refractivity (Wildman–Crippen MR) is 184 cm³/mol. The van der Waals surface area contributed by atoms with Crippen LogP contribution in [-0.2, 0) is 9.59 Å². The molecule has 0 spiro atoms. The Bertz CT molecular complexity index is 1880. The van der Waals surface area contributed by atoms with Crippen LogP contribution in [0.25, 0.3) is 10.8 Å². The van der Waals surface area contributed by atoms with Gasteiger partial charge in [0.2, 0.25) is 17.8 Å². The Morgan fingerprint density at radius 3 is 2.09 bits per heavy atom. The second-order valence-corrected chi connectivity index (χ2v) is 13.0. The highest BCUT2D eigenvalue weighted by Gasteiger charge is 2.60. The fourth-order valence-electron chi connectivity index (χ4n) is 6.60. The largest absolute Gasteiger partial charge is 0.497 e. The van der Waals surface area contributed by atoms with Crippen LogP contribution in [0.3, 0.4) is 0 Å². The van der Waals surface area contributed by atoms with Gasteiger partial charge >= 0.3 is 0 Å². The van der Waals surface area contributed by atoms with Crippen LogP contribution in [0.15, 0.2) is 114 Å². The van der Waals surface area contributed by atoms with E-state index in [9.17, 15) is 4.79 Å². The molecule has 0 N–H and O–H groups in total. The topological polar surface area (TPSA) is 88.1 Å². The van der Waals surface area contributed by atoms with Gasteiger partial charge in [0.25, 0.3) is 0 Å². The quantitative estimate of drug-likeness (QED) is 0.203. The van der Waals surface area contributed by atoms with Crippen LogP contribution >= 0.6 is 11.8 Å². The van der Waals surface area contributed by atoms with Crippen molar-refractivity contribution in [3.05, 3.63) is 115 Å². The third-order valence-electron chi connectivity index (χ3n) is 8.95. The standard InChI is InChI=1S/C37H35N5O4S/c1-45-30-12-9-27(10-13-30)34-37(47-32-16-14-31(46-2)15-17-32,35(44)40-20-22-41(23-21-40)36-38-18-5-19-39-36)25-33(43)42(34)29-11-8-26-6-3-4-7-28(26)24-29/h3-19,24,34H,20-23,25H2,1-2H3/t34-,37-/m1/s1. The maximum absolute atomic E-state index is 15.2. The predicted octanol–water partition coefficient (Wildman–Crippen LogP) is 6.00. The van der Waals surface area contributed by atoms with E-state index in [1.54, 1.807) is 32.7 Å². The van der Waals surface area contributed by atoms with E-state index in [2.05, 4.69) is 20.9 Å². The first-order valence-electron chi connectivity index (χ1n) is 15.6. The number of hydrogen-bond acceptors (Lipinski definition) is 8. The van der Waals surface area contributed by atoms with Gasteiger partial charge in [-0.15, -0.1) is 11.8 Å². The van der Waals surface area contributed by atoms with Crippen molar-refractivity contribution in [2.75, 3.05) is 50.2 Å². The van der Waals surface area contributed by atoms with Crippen LogP contribution < -0.4 is 19.3 Å². The van der Waals surface area contributed by atoms with Crippen LogP contribution in [0, 0.1) is 0 Å². The van der Waals surface area contributed by atoms with Gasteiger partial charge < -0.3 is 24.2 Å². The molecule has 238 valence electrons. The molecule has 47 heavy (non-hydrogen) atoms. The highest BCUT2D eigenvalue weighted by molar-refractivity contribution is 8.01. The summed E-state index contributed by atoms with van der Waals surface area (Å²) >= 11 is 1.46. The summed E-state index contributed by atoms with van der Waals surface area (Å²) in [5, 5.41) is 2.11. The Hall–Kier alpha value is -5.09. The number of ether oxygens (including phenoxy) is 2. The van der Waals surface area contributed by atoms with Crippen molar-refractivity contribution in [3.8, 4) is 11.5 Å². The second kappa shape index (κ2) is 13.0. The van der Waals surface area contributed by atoms with Gasteiger partial charge in [0, 0.05) is 49.2 Å². The molecule has 1 aromatic heterocycles. The van der Waals surface area contributed by atoms with Crippen molar-refractivity contribution in [1.29, 1.82) is 0 Å². The Labute approximate surface area is 278 Å². The highest BCUT2D eigenvalue weighted by Crippen LogP contribution is 2.55. The molecule has 2 saturated heterocycles. The van der Waals surface area contributed by atoms with Gasteiger partial charge in [-0.25, -0.2) is 9.97 Å². The number of nitrogens with zero attached hydrogens (tertiary/aromatic N) is 5. The normalized spacial score (nSPS) is 19.7. The lowest BCUT2D eigenvalue weighted by Gasteiger charge is -2.42. The van der Waals surface area contributed by atoms with Crippen LogP contribution in [0.5, 0.6) is 11.5 Å². The van der Waals surface area contributed by atoms with Crippen LogP contribution in [-0.4, -0.2) is 71.8 Å². The fourth-order valence-corrected chi connectivity index (χ4v) is 8.06. The molecule has 2 amide bonds. The van der Waals surface area contributed by atoms with Crippen molar-refractivity contribution in [2.24, 2.45) is 0 Å². The zero-order chi connectivity index (χ0) is 32.4. The maximum Gasteiger partial charge on any atom is 0.242 e. The molecule has 0 bridgehead atoms. The Kier molecular flexibility index (Phi) is 8.43. The molecule has 7 rings (SSSR count). The van der Waals surface area contributed by atoms with Crippen LogP contribution in [0.4, 0.5) is 11.6 Å². The van der Waals surface area contributed by atoms with Gasteiger partial charge in [-0.1, -0.05) is 42.5 Å². The van der Waals surface area contributed by atoms with Gasteiger partial charge in [0.1, 0.15) is 16.2 Å². The van der Waals surface area contributed by atoms with E-state index in [-0.39, 0.29) is 18.2 Å². The Balaban J connectivity index is 1.33. The molecule has 0 unspecified atom stereocenters. The number of thioether (sulfide) groups is 1. The van der Waals surface area contributed by atoms with E-state index in [1.807, 2.05) is 94.7 Å². The molecule has 2 aliphatic heterocycles. The van der Waals surface area contributed by atoms with Crippen LogP contribution in [0.1, 0.15) is 18.0 Å². The summed E-state index contributed by atoms with van der Waals surface area (Å²) < 4.78 is 9.73. The molecule has 0 aliphatic carbocycles. The average molecular weight is 646 g/mol. The minimum Gasteiger partial charge on any atom is -0.497 e. The summed E-state index contributed by atoms with van der Waals surface area (Å²) in [6.07, 6.45) is 3.49. The number of fused-ring (bicyclic) bond motifs is 1. The highest BCUT2D eigenvalue weighted by atomic mass is 32.2. The number of aromatic nitrogens is 2. The molecule has 0 saturated carbocycles. The van der Waals surface area contributed by atoms with E-state index in [0.29, 0.717) is 37.9 Å². The van der Waals surface area contributed by atoms with Crippen molar-refractivity contribution >= 4 is 46.0 Å². The number of rotatable bonds is 8. The zero-order valence-electron chi connectivity index (χ0n) is 26.3. The summed E-state index contributed by atoms with van der Waals surface area (Å²) in [5.41, 5.74) is 1.61. The van der Waals surface area contributed by atoms with Gasteiger partial charge in [-0.3, -0.25) is 9.59 Å². The first-order chi connectivity index (χ1) is 23.0. The lowest BCUT2D eigenvalue weighted by molar-refractivity contribution is -0.135. The van der Waals surface area contributed by atoms with Gasteiger partial charge in [-0.2, -0.15) is 0 Å². The first-order valence-corrected chi connectivity index (χ1v) is 16.4. The lowest BCUT2D eigenvalue weighted by Crippen LogP contribution is -2.56. The number of amides is 2. The number of carbonyl (C=O) groups is 2. The van der Waals surface area contributed by atoms with Crippen molar-refractivity contribution < 1.29 is 19.1 Å². The smallest absolute Gasteiger partial charge is 0.242 e. The van der Waals surface area contributed by atoms with E-state index in [4.69, 9.17) is 9.47 Å². The van der Waals surface area contributed by atoms with Gasteiger partial charge in [-0.05, 0) is 70.9 Å². The average Bonchev–Trinajstić information content (AvgIpc) is 3.43. The van der Waals surface area contributed by atoms with Crippen molar-refractivity contribution in [2.45, 2.75) is 22.1 Å². The van der Waals surface area contributed by atoms with E-state index in [1.165, 1.54) is 11.8 Å². The minimum absolute atomic E-state index is 0.0358. The van der Waals surface area contributed by atoms with Gasteiger partial charge in [0.05, 0.1) is 26.7 Å². The third kappa shape index (κ3) is 5.85. The number of anilines is 2. The Morgan fingerprint density at radius 1 is 0.787 bits per heavy atom. The molecule has 0 radical (unpaired) electrons. The lowest BCUT2D eigenvalue weighted by atomic mass is 9.90. The third-order valence-corrected chi connectivity index (χ3v) is 10.4. The summed E-state index contributed by atoms with van der Waals surface area (Å²) in [6, 6.07) is 30.8. The molecular formula is C37H35N5O4S. The fraction of sp³-hybridized carbons (Fsp3) is 0.243. The minimum atomic E-state index is -1.17. The SMILES string of the molecule is COc1ccc(S[C@]2(C(=O)N3CCN(c4ncccn4)CC3)CC(=O)N(c3ccc4ccccc4c3)[C@@H]2c2ccc(OC)cc2)cc1. The molecule has 5 aromatic rings. The summed E-state index contributed by atoms with van der Waals surface area (Å²) in [6.45, 7) is 2.16. The molecule has 9 nitrogen and oxygen atoms in total. The molecule has 3 heterocycles. The number of benzene rings is 4. The summed E-state index contributed by atoms with van der Waals surface area (Å²) in [7, 11) is 3.26. The monoisotopic (exact) mass is 645 g/mol. The molecule has 10 heteroatoms. The second-order valence-electron chi connectivity index (χ2n) is 11.6. The Morgan fingerprint density at radius 2 is 1.43 bits per heavy atom. The molecule has 2 atom stereocenters. The number of carbonyl (C=O) groups excluding carboxylic acids is 2. The summed E-state index contributed by atoms with van der Waals surface area (Å²) in [4.78, 5) is 45.1. The molecular weight excluding hydrogens is 611 g/mol. The van der Waals surface area contributed by atoms with E-state index in [0.717, 1.165) is 32.7 Å². The van der Waals surface area contributed by atoms with Crippen LogP contribution in [0.2, 0.25) is 0 Å². The molecule has 4 aromatic carbocycles. The summed E-state index contributed by atoms with van der Waals surface area (Å²) in [5.74, 6) is 1.91. The van der Waals surface area contributed by atoms with Crippen molar-refractivity contribution in [1.82, 2.24) is 14.9 Å². The number of methoxy groups -OCH3 is 2. The molecule has 2 aliphatic rings. The number of piperazine rings is 1. The van der Waals surface area contributed by atoms with E-state index >= 15 is 4.79 Å². The zero-order valence-corrected chi connectivity index (χ0v) is 27.1. The maximum atomic E-state index is 15.2. The van der Waals surface area contributed by atoms with E-state index < -0.39 is 10.8 Å². The molecule has 2 fully saturated rings.